The van der Waals surface area contributed by atoms with Gasteiger partial charge in [-0.15, -0.1) is 0 Å². The van der Waals surface area contributed by atoms with Crippen LogP contribution >= 0.6 is 0 Å². The number of hydrogen-bond acceptors (Lipinski definition) is 1. The Hall–Kier alpha value is -0.850. The lowest BCUT2D eigenvalue weighted by Gasteiger charge is -2.13. The third kappa shape index (κ3) is 11.6. The molecular weight excluding hydrogens is 292 g/mol. The van der Waals surface area contributed by atoms with E-state index in [-0.39, 0.29) is 5.78 Å². The van der Waals surface area contributed by atoms with Crippen LogP contribution in [0.3, 0.4) is 0 Å². The molecule has 0 aliphatic carbocycles. The normalized spacial score (nSPS) is 13.2. The molecule has 0 amide bonds. The smallest absolute Gasteiger partial charge is 0.178 e. The zero-order valence-electron chi connectivity index (χ0n) is 17.3. The predicted octanol–water partition coefficient (Wildman–Crippen LogP) is 7.66. The van der Waals surface area contributed by atoms with Gasteiger partial charge in [-0.25, -0.2) is 0 Å². The maximum Gasteiger partial charge on any atom is 0.178 e. The molecule has 0 atom stereocenters. The first-order valence-corrected chi connectivity index (χ1v) is 10.4. The summed E-state index contributed by atoms with van der Waals surface area (Å²) in [5, 5.41) is 0. The van der Waals surface area contributed by atoms with E-state index >= 15 is 0 Å². The largest absolute Gasteiger partial charge is 0.290 e. The number of allylic oxidation sites excluding steroid dienone is 4. The molecule has 0 saturated carbocycles. The van der Waals surface area contributed by atoms with Crippen molar-refractivity contribution < 1.29 is 4.79 Å². The van der Waals surface area contributed by atoms with Gasteiger partial charge in [-0.05, 0) is 49.7 Å². The van der Waals surface area contributed by atoms with Crippen molar-refractivity contribution in [2.45, 2.75) is 106 Å². The van der Waals surface area contributed by atoms with Gasteiger partial charge in [0.25, 0.3) is 0 Å². The van der Waals surface area contributed by atoms with E-state index < -0.39 is 0 Å². The van der Waals surface area contributed by atoms with Gasteiger partial charge >= 0.3 is 0 Å². The molecule has 0 aromatic carbocycles. The van der Waals surface area contributed by atoms with Crippen LogP contribution in [0.5, 0.6) is 0 Å². The molecule has 140 valence electrons. The zero-order chi connectivity index (χ0) is 18.4. The summed E-state index contributed by atoms with van der Waals surface area (Å²) in [4.78, 5) is 12.5. The van der Waals surface area contributed by atoms with E-state index in [1.54, 1.807) is 0 Å². The first-order valence-electron chi connectivity index (χ1n) is 10.4. The van der Waals surface area contributed by atoms with Crippen molar-refractivity contribution in [3.63, 3.8) is 0 Å². The Labute approximate surface area is 152 Å². The van der Waals surface area contributed by atoms with Gasteiger partial charge in [-0.2, -0.15) is 0 Å². The van der Waals surface area contributed by atoms with Crippen molar-refractivity contribution in [3.8, 4) is 0 Å². The fourth-order valence-electron chi connectivity index (χ4n) is 2.97. The lowest BCUT2D eigenvalue weighted by atomic mass is 9.93. The highest BCUT2D eigenvalue weighted by atomic mass is 16.1. The fourth-order valence-corrected chi connectivity index (χ4v) is 2.97. The van der Waals surface area contributed by atoms with Crippen molar-refractivity contribution >= 4 is 5.78 Å². The van der Waals surface area contributed by atoms with E-state index in [1.807, 2.05) is 12.2 Å². The average molecular weight is 335 g/mol. The van der Waals surface area contributed by atoms with Gasteiger partial charge in [0, 0.05) is 0 Å². The van der Waals surface area contributed by atoms with E-state index in [4.69, 9.17) is 0 Å². The Kier molecular flexibility index (Phi) is 14.0. The summed E-state index contributed by atoms with van der Waals surface area (Å²) >= 11 is 0. The minimum atomic E-state index is 0.202. The summed E-state index contributed by atoms with van der Waals surface area (Å²) in [6.45, 7) is 13.3. The highest BCUT2D eigenvalue weighted by Gasteiger charge is 2.09. The predicted molar refractivity (Wildman–Crippen MR) is 108 cm³/mol. The molecule has 1 heteroatoms. The van der Waals surface area contributed by atoms with Crippen LogP contribution in [0, 0.1) is 11.8 Å². The molecule has 0 bridgehead atoms. The standard InChI is InChI=1S/C23H42O/c1-7-9-11-13-15-21(19(3)4)17-23(24)18-22(20(5)6)16-14-12-10-8-2/h17-20H,7-16H2,1-6H3. The summed E-state index contributed by atoms with van der Waals surface area (Å²) in [6, 6.07) is 0. The van der Waals surface area contributed by atoms with Crippen molar-refractivity contribution in [2.75, 3.05) is 0 Å². The molecule has 0 N–H and O–H groups in total. The number of hydrogen-bond donors (Lipinski definition) is 0. The van der Waals surface area contributed by atoms with Gasteiger partial charge < -0.3 is 0 Å². The van der Waals surface area contributed by atoms with E-state index in [2.05, 4.69) is 41.5 Å². The maximum atomic E-state index is 12.5. The molecule has 24 heavy (non-hydrogen) atoms. The molecule has 0 aromatic heterocycles. The Bertz CT molecular complexity index is 349. The molecule has 0 rings (SSSR count). The molecule has 0 unspecified atom stereocenters. The van der Waals surface area contributed by atoms with Crippen LogP contribution in [-0.4, -0.2) is 5.78 Å². The van der Waals surface area contributed by atoms with Gasteiger partial charge in [-0.1, -0.05) is 91.2 Å². The number of carbonyl (C=O) groups is 1. The minimum absolute atomic E-state index is 0.202. The number of ketones is 1. The summed E-state index contributed by atoms with van der Waals surface area (Å²) in [7, 11) is 0. The van der Waals surface area contributed by atoms with Crippen LogP contribution in [0.25, 0.3) is 0 Å². The van der Waals surface area contributed by atoms with Gasteiger partial charge in [0.1, 0.15) is 0 Å². The van der Waals surface area contributed by atoms with E-state index in [9.17, 15) is 4.79 Å². The topological polar surface area (TPSA) is 17.1 Å². The van der Waals surface area contributed by atoms with Crippen LogP contribution < -0.4 is 0 Å². The van der Waals surface area contributed by atoms with E-state index in [1.165, 1.54) is 62.5 Å². The molecule has 0 aliphatic rings. The highest BCUT2D eigenvalue weighted by molar-refractivity contribution is 6.00. The van der Waals surface area contributed by atoms with E-state index in [0.29, 0.717) is 11.8 Å². The first-order chi connectivity index (χ1) is 11.4. The Morgan fingerprint density at radius 3 is 1.33 bits per heavy atom. The van der Waals surface area contributed by atoms with Gasteiger partial charge in [0.05, 0.1) is 0 Å². The second kappa shape index (κ2) is 14.5. The number of rotatable bonds is 14. The van der Waals surface area contributed by atoms with Crippen LogP contribution in [-0.2, 0) is 4.79 Å². The van der Waals surface area contributed by atoms with Gasteiger partial charge in [0.2, 0.25) is 0 Å². The SMILES string of the molecule is CCCCCCC(=CC(=O)C=C(CCCCCC)C(C)C)C(C)C. The lowest BCUT2D eigenvalue weighted by molar-refractivity contribution is -0.110. The zero-order valence-corrected chi connectivity index (χ0v) is 17.3. The van der Waals surface area contributed by atoms with Crippen LogP contribution in [0.15, 0.2) is 23.3 Å². The number of carbonyl (C=O) groups excluding carboxylic acids is 1. The second-order valence-corrected chi connectivity index (χ2v) is 7.77. The highest BCUT2D eigenvalue weighted by Crippen LogP contribution is 2.21. The molecule has 0 radical (unpaired) electrons. The molecule has 0 fully saturated rings. The average Bonchev–Trinajstić information content (AvgIpc) is 2.52. The Morgan fingerprint density at radius 1 is 0.667 bits per heavy atom. The lowest BCUT2D eigenvalue weighted by Crippen LogP contribution is -2.02. The molecule has 0 aliphatic heterocycles. The quantitative estimate of drug-likeness (QED) is 0.235. The fraction of sp³-hybridized carbons (Fsp3) is 0.783. The molecule has 0 spiro atoms. The van der Waals surface area contributed by atoms with Crippen LogP contribution in [0.4, 0.5) is 0 Å². The molecule has 0 heterocycles. The van der Waals surface area contributed by atoms with Gasteiger partial charge in [0.15, 0.2) is 5.78 Å². The van der Waals surface area contributed by atoms with Crippen molar-refractivity contribution in [3.05, 3.63) is 23.3 Å². The minimum Gasteiger partial charge on any atom is -0.290 e. The van der Waals surface area contributed by atoms with E-state index in [0.717, 1.165) is 12.8 Å². The Morgan fingerprint density at radius 2 is 1.04 bits per heavy atom. The molecule has 0 aromatic rings. The summed E-state index contributed by atoms with van der Waals surface area (Å²) in [6.07, 6.45) is 16.1. The Balaban J connectivity index is 4.75. The molecule has 0 saturated heterocycles. The number of unbranched alkanes of at least 4 members (excludes halogenated alkanes) is 6. The second-order valence-electron chi connectivity index (χ2n) is 7.77. The molecular formula is C23H42O. The summed E-state index contributed by atoms with van der Waals surface area (Å²) in [5.41, 5.74) is 2.64. The van der Waals surface area contributed by atoms with Crippen molar-refractivity contribution in [1.29, 1.82) is 0 Å². The first kappa shape index (κ1) is 23.1. The third-order valence-electron chi connectivity index (χ3n) is 4.78. The van der Waals surface area contributed by atoms with Crippen molar-refractivity contribution in [1.82, 2.24) is 0 Å². The summed E-state index contributed by atoms with van der Waals surface area (Å²) < 4.78 is 0. The van der Waals surface area contributed by atoms with Crippen LogP contribution in [0.2, 0.25) is 0 Å². The third-order valence-corrected chi connectivity index (χ3v) is 4.78. The molecule has 1 nitrogen and oxygen atoms in total. The maximum absolute atomic E-state index is 12.5. The van der Waals surface area contributed by atoms with Crippen molar-refractivity contribution in [2.24, 2.45) is 11.8 Å². The van der Waals surface area contributed by atoms with Gasteiger partial charge in [-0.3, -0.25) is 4.79 Å². The monoisotopic (exact) mass is 334 g/mol. The van der Waals surface area contributed by atoms with Crippen LogP contribution in [0.1, 0.15) is 106 Å². The summed E-state index contributed by atoms with van der Waals surface area (Å²) in [5.74, 6) is 1.14.